The molecule has 0 atom stereocenters. The molecule has 5 amide bonds. The van der Waals surface area contributed by atoms with Crippen LogP contribution < -0.4 is 26.6 Å². The van der Waals surface area contributed by atoms with E-state index in [1.165, 1.54) is 42.1 Å². The van der Waals surface area contributed by atoms with Crippen LogP contribution in [0.2, 0.25) is 10.0 Å². The molecule has 0 saturated carbocycles. The first kappa shape index (κ1) is 80.5. The fourth-order valence-electron chi connectivity index (χ4n) is 12.7. The van der Waals surface area contributed by atoms with E-state index >= 15 is 0 Å². The minimum absolute atomic E-state index is 0.193. The number of hydrogen-bond acceptors (Lipinski definition) is 20. The Morgan fingerprint density at radius 3 is 1.20 bits per heavy atom. The third-order valence-electron chi connectivity index (χ3n) is 18.9. The quantitative estimate of drug-likeness (QED) is 0.0424. The summed E-state index contributed by atoms with van der Waals surface area (Å²) in [5.41, 5.74) is 15.0. The highest BCUT2D eigenvalue weighted by Crippen LogP contribution is 2.35. The zero-order chi connectivity index (χ0) is 85.7. The van der Waals surface area contributed by atoms with Crippen molar-refractivity contribution in [1.82, 2.24) is 111 Å². The highest BCUT2D eigenvalue weighted by Gasteiger charge is 2.27. The number of para-hydroxylation sites is 6. The number of H-pyrrole nitrogens is 10. The highest BCUT2D eigenvalue weighted by atomic mass is 35.5. The molecule has 41 heteroatoms. The van der Waals surface area contributed by atoms with Crippen LogP contribution in [0, 0.1) is 57.9 Å². The van der Waals surface area contributed by atoms with Crippen molar-refractivity contribution in [1.29, 1.82) is 0 Å². The van der Waals surface area contributed by atoms with Gasteiger partial charge < -0.3 is 60.4 Å². The number of carbonyl (C=O) groups is 5. The Bertz CT molecular complexity index is 7150. The molecule has 614 valence electrons. The second-order valence-electron chi connectivity index (χ2n) is 26.8. The number of hydrogen-bond donors (Lipinski definition) is 15. The van der Waals surface area contributed by atoms with Gasteiger partial charge in [-0.3, -0.25) is 49.5 Å². The van der Waals surface area contributed by atoms with Gasteiger partial charge in [-0.15, -0.1) is 11.3 Å². The second-order valence-corrected chi connectivity index (χ2v) is 28.6. The van der Waals surface area contributed by atoms with Crippen molar-refractivity contribution in [2.24, 2.45) is 0 Å². The normalized spacial score (nSPS) is 11.0. The summed E-state index contributed by atoms with van der Waals surface area (Å²) in [6.07, 6.45) is 10.4. The molecule has 0 fully saturated rings. The minimum atomic E-state index is -0.967. The van der Waals surface area contributed by atoms with Crippen molar-refractivity contribution in [3.63, 3.8) is 0 Å². The van der Waals surface area contributed by atoms with E-state index in [1.54, 1.807) is 69.1 Å². The van der Waals surface area contributed by atoms with Crippen molar-refractivity contribution < 1.29 is 50.5 Å². The summed E-state index contributed by atoms with van der Waals surface area (Å²) in [6, 6.07) is 38.3. The van der Waals surface area contributed by atoms with Gasteiger partial charge in [0.2, 0.25) is 0 Å². The molecule has 20 rings (SSSR count). The van der Waals surface area contributed by atoms with Gasteiger partial charge in [0.15, 0.2) is 34.1 Å². The number of thiazole rings is 1. The molecule has 0 aliphatic heterocycles. The summed E-state index contributed by atoms with van der Waals surface area (Å²) in [6.45, 7) is 9.13. The molecule has 0 unspecified atom stereocenters. The van der Waals surface area contributed by atoms with E-state index in [4.69, 9.17) is 32.1 Å². The molecule has 13 heterocycles. The molecular weight excluding hydrogens is 1650 g/mol. The Kier molecular flexibility index (Phi) is 22.7. The van der Waals surface area contributed by atoms with Crippen LogP contribution in [0.5, 0.6) is 0 Å². The Labute approximate surface area is 701 Å². The predicted molar refractivity (Wildman–Crippen MR) is 452 cm³/mol. The monoisotopic (exact) mass is 1710 g/mol. The number of benzene rings is 7. The zero-order valence-electron chi connectivity index (χ0n) is 64.3. The fraction of sp³-hybridized carbons (Fsp3) is 0.0610. The average molecular weight is 1720 g/mol. The van der Waals surface area contributed by atoms with Crippen molar-refractivity contribution in [3.8, 4) is 57.6 Å². The van der Waals surface area contributed by atoms with Gasteiger partial charge in [0.25, 0.3) is 29.5 Å². The summed E-state index contributed by atoms with van der Waals surface area (Å²) in [4.78, 5) is 104. The number of carbonyl (C=O) groups excluding carboxylic acids is 5. The summed E-state index contributed by atoms with van der Waals surface area (Å²) in [5.74, 6) is -2.82. The average Bonchev–Trinajstić information content (AvgIpc) is 1.62. The molecular formula is C82H61Cl2F4N27O7S. The van der Waals surface area contributed by atoms with Gasteiger partial charge >= 0.3 is 0 Å². The SMILES string of the molecule is Cc1ccc2[nH]c(-c3[nH]ncc3NC(=O)c3c(F)cccc3F)nc2c1C.Cc1noc(C)c1C(=O)Nc1cn[nH]c1-c1nc2ccccc2[nH]1.Cc1occc1C(=O)Nc1cn[nH]c1-c1nc2ccccc2[nH]1.O=C(Nc1cn[nH]c1-c1nc2cc(Cl)c(Cl)cc2[nH]1)c1c(F)cccc1F.O=C(Nc1cn[nH]c1-c1nc2ccccc2[nH]1)c1nccs1. The number of aromatic amines is 10. The number of anilines is 5. The third-order valence-corrected chi connectivity index (χ3v) is 20.4. The molecule has 0 aliphatic rings. The maximum Gasteiger partial charge on any atom is 0.284 e. The molecule has 15 N–H and O–H groups in total. The lowest BCUT2D eigenvalue weighted by Gasteiger charge is -2.06. The molecule has 34 nitrogen and oxygen atoms in total. The summed E-state index contributed by atoms with van der Waals surface area (Å²) < 4.78 is 65.5. The number of rotatable bonds is 15. The number of halogens is 6. The predicted octanol–water partition coefficient (Wildman–Crippen LogP) is 17.5. The molecule has 13 aromatic heterocycles. The molecule has 20 aromatic rings. The Balaban J connectivity index is 0.000000114. The Hall–Kier alpha value is -16.3. The maximum absolute atomic E-state index is 13.8. The second kappa shape index (κ2) is 34.7. The summed E-state index contributed by atoms with van der Waals surface area (Å²) in [5, 5.41) is 53.8. The maximum atomic E-state index is 13.8. The lowest BCUT2D eigenvalue weighted by atomic mass is 10.1. The van der Waals surface area contributed by atoms with Crippen LogP contribution in [0.15, 0.2) is 197 Å². The Morgan fingerprint density at radius 2 is 0.789 bits per heavy atom. The van der Waals surface area contributed by atoms with E-state index < -0.39 is 46.2 Å². The van der Waals surface area contributed by atoms with Crippen molar-refractivity contribution in [2.75, 3.05) is 26.6 Å². The summed E-state index contributed by atoms with van der Waals surface area (Å²) in [7, 11) is 0. The molecule has 0 radical (unpaired) electrons. The van der Waals surface area contributed by atoms with Crippen LogP contribution >= 0.6 is 34.5 Å². The van der Waals surface area contributed by atoms with Crippen molar-refractivity contribution in [3.05, 3.63) is 277 Å². The van der Waals surface area contributed by atoms with E-state index in [1.807, 2.05) is 98.8 Å². The van der Waals surface area contributed by atoms with Crippen molar-refractivity contribution >= 4 is 148 Å². The number of nitrogens with one attached hydrogen (secondary N) is 15. The number of aromatic nitrogens is 22. The minimum Gasteiger partial charge on any atom is -0.469 e. The number of furan rings is 1. The number of fused-ring (bicyclic) bond motifs is 5. The van der Waals surface area contributed by atoms with Gasteiger partial charge in [0, 0.05) is 11.6 Å². The van der Waals surface area contributed by atoms with E-state index in [2.05, 4.69) is 138 Å². The van der Waals surface area contributed by atoms with Crippen molar-refractivity contribution in [2.45, 2.75) is 34.6 Å². The molecule has 0 aliphatic carbocycles. The van der Waals surface area contributed by atoms with Gasteiger partial charge in [-0.1, -0.05) is 83.0 Å². The van der Waals surface area contributed by atoms with Crippen LogP contribution in [0.1, 0.15) is 79.6 Å². The highest BCUT2D eigenvalue weighted by molar-refractivity contribution is 7.11. The first-order valence-corrected chi connectivity index (χ1v) is 38.3. The first-order chi connectivity index (χ1) is 59.5. The number of imidazole rings is 5. The fourth-order valence-corrected chi connectivity index (χ4v) is 13.5. The topological polar surface area (TPSA) is 484 Å². The van der Waals surface area contributed by atoms with Crippen LogP contribution in [-0.2, 0) is 0 Å². The third kappa shape index (κ3) is 17.1. The van der Waals surface area contributed by atoms with Gasteiger partial charge in [-0.2, -0.15) is 25.5 Å². The standard InChI is InChI=1S/C19H15F2N5O.C17H9Cl2F2N5O.C16H14N6O2.C16H13N5O2.C14H10N6OS/c1-9-6-7-13-16(10(9)2)25-18(23-13)17-14(8-22-26-17)24-19(27)15-11(20)4-3-5-12(15)21;18-7-4-11-12(5-8(7)19)24-16(23-11)15-13(6-22-26-15)25-17(27)14-9(20)2-1-3-10(14)21;1-8-13(9(2)24-22-8)16(23)20-12-7-17-21-14(12)15-18-10-5-3-4-6-11(10)19-15;1-9-10(6-7-23-9)16(22)20-13-8-17-21-14(13)15-18-11-4-2-3-5-12(11)19-15;21-13(14-15-5-6-22-14)19-10-7-16-20-11(10)12-17-8-3-1-2-4-9(8)18-12/h3-8H,1-2H3,(H,22,26)(H,23,25)(H,24,27);1-6H,(H,22,26)(H,23,24)(H,25,27);3-7H,1-2H3,(H,17,21)(H,18,19)(H,20,23);2-8H,1H3,(H,17,21)(H,18,19)(H,20,22);1-7H,(H,16,20)(H,17,18)(H,19,21). The van der Waals surface area contributed by atoms with E-state index in [0.29, 0.717) is 129 Å². The van der Waals surface area contributed by atoms with Gasteiger partial charge in [0.1, 0.15) is 79.9 Å². The lowest BCUT2D eigenvalue weighted by Crippen LogP contribution is -2.16. The molecule has 7 aromatic carbocycles. The molecule has 0 bridgehead atoms. The van der Waals surface area contributed by atoms with Gasteiger partial charge in [0.05, 0.1) is 142 Å². The van der Waals surface area contributed by atoms with Crippen LogP contribution in [-0.4, -0.2) is 141 Å². The number of nitrogens with zero attached hydrogens (tertiary/aromatic N) is 12. The summed E-state index contributed by atoms with van der Waals surface area (Å²) >= 11 is 13.3. The zero-order valence-corrected chi connectivity index (χ0v) is 66.6. The molecule has 0 spiro atoms. The van der Waals surface area contributed by atoms with Gasteiger partial charge in [-0.25, -0.2) is 47.5 Å². The number of amides is 5. The van der Waals surface area contributed by atoms with Crippen LogP contribution in [0.3, 0.4) is 0 Å². The van der Waals surface area contributed by atoms with Gasteiger partial charge in [-0.05, 0) is 131 Å². The number of aryl methyl sites for hydroxylation is 5. The smallest absolute Gasteiger partial charge is 0.284 e. The molecule has 123 heavy (non-hydrogen) atoms. The van der Waals surface area contributed by atoms with E-state index in [0.717, 1.165) is 79.5 Å². The van der Waals surface area contributed by atoms with Crippen LogP contribution in [0.4, 0.5) is 46.0 Å². The lowest BCUT2D eigenvalue weighted by molar-refractivity contribution is 0.101. The van der Waals surface area contributed by atoms with Crippen LogP contribution in [0.25, 0.3) is 113 Å². The van der Waals surface area contributed by atoms with E-state index in [-0.39, 0.29) is 29.1 Å². The van der Waals surface area contributed by atoms with E-state index in [9.17, 15) is 41.5 Å². The first-order valence-electron chi connectivity index (χ1n) is 36.7. The largest absolute Gasteiger partial charge is 0.469 e. The Morgan fingerprint density at radius 1 is 0.398 bits per heavy atom. The molecule has 0 saturated heterocycles.